The third-order valence-electron chi connectivity index (χ3n) is 3.83. The molecule has 21 heavy (non-hydrogen) atoms. The topological polar surface area (TPSA) is 39.4 Å². The van der Waals surface area contributed by atoms with Crippen LogP contribution in [0.2, 0.25) is 0 Å². The lowest BCUT2D eigenvalue weighted by Crippen LogP contribution is -1.99. The van der Waals surface area contributed by atoms with Gasteiger partial charge in [0.1, 0.15) is 5.75 Å². The molecule has 106 valence electrons. The van der Waals surface area contributed by atoms with E-state index in [4.69, 9.17) is 4.74 Å². The largest absolute Gasteiger partial charge is 0.493 e. The predicted octanol–water partition coefficient (Wildman–Crippen LogP) is 3.49. The quantitative estimate of drug-likeness (QED) is 0.734. The van der Waals surface area contributed by atoms with Crippen LogP contribution in [-0.4, -0.2) is 21.2 Å². The number of aromatic nitrogens is 3. The predicted molar refractivity (Wildman–Crippen MR) is 81.4 cm³/mol. The van der Waals surface area contributed by atoms with Crippen LogP contribution in [0.25, 0.3) is 16.9 Å². The Balaban J connectivity index is 1.63. The summed E-state index contributed by atoms with van der Waals surface area (Å²) < 4.78 is 7.66. The fourth-order valence-electron chi connectivity index (χ4n) is 2.38. The Hall–Kier alpha value is -2.36. The van der Waals surface area contributed by atoms with E-state index in [9.17, 15) is 0 Å². The molecule has 0 N–H and O–H groups in total. The van der Waals surface area contributed by atoms with Gasteiger partial charge in [0.2, 0.25) is 0 Å². The Morgan fingerprint density at radius 2 is 1.95 bits per heavy atom. The van der Waals surface area contributed by atoms with Gasteiger partial charge >= 0.3 is 0 Å². The van der Waals surface area contributed by atoms with Gasteiger partial charge < -0.3 is 4.74 Å². The summed E-state index contributed by atoms with van der Waals surface area (Å²) in [6.45, 7) is 2.83. The minimum absolute atomic E-state index is 0.774. The summed E-state index contributed by atoms with van der Waals surface area (Å²) in [5.74, 6) is 1.71. The fourth-order valence-corrected chi connectivity index (χ4v) is 2.38. The third-order valence-corrected chi connectivity index (χ3v) is 3.83. The molecule has 0 radical (unpaired) electrons. The number of aryl methyl sites for hydroxylation is 1. The first-order chi connectivity index (χ1) is 10.3. The first kappa shape index (κ1) is 12.4. The standard InChI is InChI=1S/C17H17N3O/c1-12-2-9-17-18-10-16(20(17)19-12)14-5-7-15(8-6-14)21-11-13-3-4-13/h2,5-10,13H,3-4,11H2,1H3. The van der Waals surface area contributed by atoms with Crippen molar-refractivity contribution in [2.24, 2.45) is 5.92 Å². The summed E-state index contributed by atoms with van der Waals surface area (Å²) >= 11 is 0. The van der Waals surface area contributed by atoms with E-state index in [1.54, 1.807) is 0 Å². The normalized spacial score (nSPS) is 14.5. The molecule has 0 spiro atoms. The lowest BCUT2D eigenvalue weighted by atomic mass is 10.1. The van der Waals surface area contributed by atoms with Gasteiger partial charge in [0, 0.05) is 5.56 Å². The van der Waals surface area contributed by atoms with Gasteiger partial charge in [-0.2, -0.15) is 5.10 Å². The molecule has 3 aromatic rings. The molecule has 4 heteroatoms. The summed E-state index contributed by atoms with van der Waals surface area (Å²) in [4.78, 5) is 4.40. The van der Waals surface area contributed by atoms with Crippen molar-refractivity contribution in [2.45, 2.75) is 19.8 Å². The number of benzene rings is 1. The van der Waals surface area contributed by atoms with Gasteiger partial charge in [0.15, 0.2) is 5.65 Å². The van der Waals surface area contributed by atoms with Gasteiger partial charge in [-0.25, -0.2) is 9.50 Å². The minimum atomic E-state index is 0.774. The summed E-state index contributed by atoms with van der Waals surface area (Å²) in [5.41, 5.74) is 3.94. The molecule has 1 aliphatic rings. The van der Waals surface area contributed by atoms with Crippen molar-refractivity contribution in [1.29, 1.82) is 0 Å². The van der Waals surface area contributed by atoms with E-state index in [-0.39, 0.29) is 0 Å². The van der Waals surface area contributed by atoms with Crippen LogP contribution in [0.4, 0.5) is 0 Å². The van der Waals surface area contributed by atoms with Crippen molar-refractivity contribution in [2.75, 3.05) is 6.61 Å². The zero-order valence-electron chi connectivity index (χ0n) is 12.0. The van der Waals surface area contributed by atoms with E-state index in [0.29, 0.717) is 0 Å². The number of hydrogen-bond acceptors (Lipinski definition) is 3. The lowest BCUT2D eigenvalue weighted by Gasteiger charge is -2.06. The lowest BCUT2D eigenvalue weighted by molar-refractivity contribution is 0.300. The molecule has 0 aliphatic heterocycles. The van der Waals surface area contributed by atoms with Crippen LogP contribution in [-0.2, 0) is 0 Å². The van der Waals surface area contributed by atoms with Crippen LogP contribution in [0.15, 0.2) is 42.6 Å². The molecular weight excluding hydrogens is 262 g/mol. The first-order valence-electron chi connectivity index (χ1n) is 7.34. The summed E-state index contributed by atoms with van der Waals surface area (Å²) in [6, 6.07) is 12.1. The number of imidazole rings is 1. The molecule has 0 saturated heterocycles. The van der Waals surface area contributed by atoms with E-state index < -0.39 is 0 Å². The van der Waals surface area contributed by atoms with Crippen molar-refractivity contribution in [3.63, 3.8) is 0 Å². The molecule has 0 unspecified atom stereocenters. The minimum Gasteiger partial charge on any atom is -0.493 e. The molecule has 1 aliphatic carbocycles. The molecule has 1 fully saturated rings. The van der Waals surface area contributed by atoms with Gasteiger partial charge in [0.25, 0.3) is 0 Å². The average molecular weight is 279 g/mol. The number of nitrogens with zero attached hydrogens (tertiary/aromatic N) is 3. The average Bonchev–Trinajstić information content (AvgIpc) is 3.25. The summed E-state index contributed by atoms with van der Waals surface area (Å²) in [5, 5.41) is 4.53. The molecular formula is C17H17N3O. The molecule has 0 atom stereocenters. The van der Waals surface area contributed by atoms with Crippen LogP contribution < -0.4 is 4.74 Å². The van der Waals surface area contributed by atoms with E-state index in [1.807, 2.05) is 41.9 Å². The van der Waals surface area contributed by atoms with Crippen molar-refractivity contribution in [3.8, 4) is 17.0 Å². The Morgan fingerprint density at radius 1 is 1.14 bits per heavy atom. The van der Waals surface area contributed by atoms with Crippen LogP contribution in [0, 0.1) is 12.8 Å². The van der Waals surface area contributed by atoms with Crippen molar-refractivity contribution in [1.82, 2.24) is 14.6 Å². The Morgan fingerprint density at radius 3 is 2.71 bits per heavy atom. The van der Waals surface area contributed by atoms with E-state index >= 15 is 0 Å². The highest BCUT2D eigenvalue weighted by Gasteiger charge is 2.21. The van der Waals surface area contributed by atoms with Crippen molar-refractivity contribution >= 4 is 5.65 Å². The highest BCUT2D eigenvalue weighted by atomic mass is 16.5. The van der Waals surface area contributed by atoms with Gasteiger partial charge in [-0.05, 0) is 62.1 Å². The molecule has 1 saturated carbocycles. The Kier molecular flexibility index (Phi) is 2.88. The zero-order chi connectivity index (χ0) is 14.2. The van der Waals surface area contributed by atoms with Crippen LogP contribution in [0.1, 0.15) is 18.5 Å². The third kappa shape index (κ3) is 2.49. The fraction of sp³-hybridized carbons (Fsp3) is 0.294. The van der Waals surface area contributed by atoms with Crippen LogP contribution in [0.3, 0.4) is 0 Å². The molecule has 4 nitrogen and oxygen atoms in total. The van der Waals surface area contributed by atoms with Gasteiger partial charge in [-0.1, -0.05) is 0 Å². The highest BCUT2D eigenvalue weighted by Crippen LogP contribution is 2.30. The van der Waals surface area contributed by atoms with Crippen molar-refractivity contribution < 1.29 is 4.74 Å². The smallest absolute Gasteiger partial charge is 0.154 e. The van der Waals surface area contributed by atoms with Crippen molar-refractivity contribution in [3.05, 3.63) is 48.3 Å². The van der Waals surface area contributed by atoms with Gasteiger partial charge in [-0.15, -0.1) is 0 Å². The van der Waals surface area contributed by atoms with Crippen LogP contribution in [0.5, 0.6) is 5.75 Å². The number of ether oxygens (including phenoxy) is 1. The monoisotopic (exact) mass is 279 g/mol. The van der Waals surface area contributed by atoms with E-state index in [0.717, 1.165) is 40.9 Å². The molecule has 2 aromatic heterocycles. The maximum Gasteiger partial charge on any atom is 0.154 e. The second-order valence-electron chi connectivity index (χ2n) is 5.67. The Labute approximate surface area is 123 Å². The number of hydrogen-bond donors (Lipinski definition) is 0. The van der Waals surface area contributed by atoms with Gasteiger partial charge in [0.05, 0.1) is 24.2 Å². The second kappa shape index (κ2) is 4.88. The maximum absolute atomic E-state index is 5.77. The molecule has 4 rings (SSSR count). The highest BCUT2D eigenvalue weighted by molar-refractivity contribution is 5.63. The number of rotatable bonds is 4. The zero-order valence-corrected chi connectivity index (χ0v) is 12.0. The SMILES string of the molecule is Cc1ccc2ncc(-c3ccc(OCC4CC4)cc3)n2n1. The number of fused-ring (bicyclic) bond motifs is 1. The van der Waals surface area contributed by atoms with Crippen LogP contribution >= 0.6 is 0 Å². The van der Waals surface area contributed by atoms with Gasteiger partial charge in [-0.3, -0.25) is 0 Å². The first-order valence-corrected chi connectivity index (χ1v) is 7.34. The Bertz CT molecular complexity index is 772. The molecule has 2 heterocycles. The molecule has 1 aromatic carbocycles. The molecule has 0 bridgehead atoms. The van der Waals surface area contributed by atoms with E-state index in [1.165, 1.54) is 12.8 Å². The van der Waals surface area contributed by atoms with E-state index in [2.05, 4.69) is 22.2 Å². The second-order valence-corrected chi connectivity index (χ2v) is 5.67. The molecule has 0 amide bonds. The summed E-state index contributed by atoms with van der Waals surface area (Å²) in [7, 11) is 0. The summed E-state index contributed by atoms with van der Waals surface area (Å²) in [6.07, 6.45) is 4.48. The maximum atomic E-state index is 5.77.